The van der Waals surface area contributed by atoms with Crippen LogP contribution in [0.2, 0.25) is 0 Å². The van der Waals surface area contributed by atoms with Crippen LogP contribution in [0, 0.1) is 0 Å². The van der Waals surface area contributed by atoms with Gasteiger partial charge in [-0.1, -0.05) is 24.3 Å². The zero-order valence-corrected chi connectivity index (χ0v) is 15.5. The van der Waals surface area contributed by atoms with Crippen molar-refractivity contribution < 1.29 is 14.3 Å². The molecule has 5 heteroatoms. The fourth-order valence-corrected chi connectivity index (χ4v) is 3.44. The van der Waals surface area contributed by atoms with Gasteiger partial charge in [0, 0.05) is 19.6 Å². The third-order valence-electron chi connectivity index (χ3n) is 4.92. The summed E-state index contributed by atoms with van der Waals surface area (Å²) in [6, 6.07) is 12.3. The molecule has 1 aliphatic heterocycles. The summed E-state index contributed by atoms with van der Waals surface area (Å²) in [5, 5.41) is 0. The maximum atomic E-state index is 11.0. The second kappa shape index (κ2) is 8.23. The third-order valence-corrected chi connectivity index (χ3v) is 4.92. The molecule has 0 fully saturated rings. The molecule has 0 bridgehead atoms. The Labute approximate surface area is 154 Å². The van der Waals surface area contributed by atoms with Crippen LogP contribution in [-0.4, -0.2) is 38.1 Å². The molecule has 138 valence electrons. The van der Waals surface area contributed by atoms with Crippen LogP contribution in [-0.2, 0) is 30.6 Å². The van der Waals surface area contributed by atoms with Crippen LogP contribution < -0.4 is 15.2 Å². The number of hydrogen-bond donors (Lipinski definition) is 1. The van der Waals surface area contributed by atoms with Gasteiger partial charge in [-0.15, -0.1) is 0 Å². The van der Waals surface area contributed by atoms with E-state index in [4.69, 9.17) is 15.2 Å². The Hall–Kier alpha value is -2.53. The molecular weight excluding hydrogens is 328 g/mol. The molecule has 3 rings (SSSR count). The smallest absolute Gasteiger partial charge is 0.221 e. The second-order valence-corrected chi connectivity index (χ2v) is 6.71. The minimum absolute atomic E-state index is 0.295. The van der Waals surface area contributed by atoms with Gasteiger partial charge in [0.1, 0.15) is 0 Å². The lowest BCUT2D eigenvalue weighted by atomic mass is 9.98. The van der Waals surface area contributed by atoms with Gasteiger partial charge in [-0.05, 0) is 47.2 Å². The summed E-state index contributed by atoms with van der Waals surface area (Å²) < 4.78 is 10.8. The summed E-state index contributed by atoms with van der Waals surface area (Å²) in [6.07, 6.45) is 2.31. The highest BCUT2D eigenvalue weighted by molar-refractivity contribution is 5.76. The fraction of sp³-hybridized carbons (Fsp3) is 0.381. The maximum absolute atomic E-state index is 11.0. The van der Waals surface area contributed by atoms with Crippen LogP contribution in [0.4, 0.5) is 0 Å². The van der Waals surface area contributed by atoms with Crippen LogP contribution >= 0.6 is 0 Å². The number of hydrogen-bond acceptors (Lipinski definition) is 4. The van der Waals surface area contributed by atoms with Crippen LogP contribution in [0.5, 0.6) is 11.5 Å². The van der Waals surface area contributed by atoms with Crippen molar-refractivity contribution in [3.8, 4) is 11.5 Å². The molecule has 5 nitrogen and oxygen atoms in total. The molecule has 0 radical (unpaired) electrons. The predicted molar refractivity (Wildman–Crippen MR) is 102 cm³/mol. The van der Waals surface area contributed by atoms with E-state index in [2.05, 4.69) is 29.2 Å². The molecule has 1 amide bonds. The molecule has 2 aromatic rings. The van der Waals surface area contributed by atoms with Gasteiger partial charge in [-0.25, -0.2) is 0 Å². The summed E-state index contributed by atoms with van der Waals surface area (Å²) in [6.45, 7) is 2.97. The number of ether oxygens (including phenoxy) is 2. The SMILES string of the molecule is COc1cc2c(cc1OC)CN(CCc1ccc(CC(N)=O)cc1)CC2. The van der Waals surface area contributed by atoms with E-state index in [1.807, 2.05) is 12.1 Å². The number of methoxy groups -OCH3 is 2. The molecule has 2 N–H and O–H groups in total. The highest BCUT2D eigenvalue weighted by atomic mass is 16.5. The number of carbonyl (C=O) groups is 1. The topological polar surface area (TPSA) is 64.8 Å². The number of rotatable bonds is 7. The highest BCUT2D eigenvalue weighted by Gasteiger charge is 2.19. The first kappa shape index (κ1) is 18.3. The first-order valence-electron chi connectivity index (χ1n) is 8.91. The minimum atomic E-state index is -0.295. The van der Waals surface area contributed by atoms with Crippen molar-refractivity contribution in [3.63, 3.8) is 0 Å². The molecule has 0 aromatic heterocycles. The molecule has 1 heterocycles. The summed E-state index contributed by atoms with van der Waals surface area (Å²) in [5.74, 6) is 1.30. The first-order chi connectivity index (χ1) is 12.6. The number of primary amides is 1. The van der Waals surface area contributed by atoms with Crippen molar-refractivity contribution >= 4 is 5.91 Å². The lowest BCUT2D eigenvalue weighted by Gasteiger charge is -2.29. The molecule has 0 unspecified atom stereocenters. The Kier molecular flexibility index (Phi) is 5.78. The van der Waals surface area contributed by atoms with Gasteiger partial charge in [-0.3, -0.25) is 9.69 Å². The van der Waals surface area contributed by atoms with Crippen LogP contribution in [0.1, 0.15) is 22.3 Å². The normalized spacial score (nSPS) is 13.9. The van der Waals surface area contributed by atoms with Crippen molar-refractivity contribution in [1.82, 2.24) is 4.90 Å². The highest BCUT2D eigenvalue weighted by Crippen LogP contribution is 2.33. The van der Waals surface area contributed by atoms with E-state index in [9.17, 15) is 4.79 Å². The molecule has 0 saturated carbocycles. The molecule has 0 aliphatic carbocycles. The summed E-state index contributed by atoms with van der Waals surface area (Å²) in [4.78, 5) is 13.4. The van der Waals surface area contributed by atoms with Gasteiger partial charge in [-0.2, -0.15) is 0 Å². The standard InChI is InChI=1S/C21H26N2O3/c1-25-19-12-17-8-10-23(14-18(17)13-20(19)26-2)9-7-15-3-5-16(6-4-15)11-21(22)24/h3-6,12-13H,7-11,14H2,1-2H3,(H2,22,24). The lowest BCUT2D eigenvalue weighted by Crippen LogP contribution is -2.32. The fourth-order valence-electron chi connectivity index (χ4n) is 3.44. The molecule has 0 spiro atoms. The average Bonchev–Trinajstić information content (AvgIpc) is 2.65. The van der Waals surface area contributed by atoms with Gasteiger partial charge in [0.15, 0.2) is 11.5 Å². The van der Waals surface area contributed by atoms with Crippen LogP contribution in [0.25, 0.3) is 0 Å². The molecule has 0 atom stereocenters. The van der Waals surface area contributed by atoms with E-state index < -0.39 is 0 Å². The number of fused-ring (bicyclic) bond motifs is 1. The number of carbonyl (C=O) groups excluding carboxylic acids is 1. The third kappa shape index (κ3) is 4.35. The quantitative estimate of drug-likeness (QED) is 0.829. The molecule has 0 saturated heterocycles. The van der Waals surface area contributed by atoms with E-state index in [0.717, 1.165) is 49.5 Å². The average molecular weight is 354 g/mol. The summed E-state index contributed by atoms with van der Waals surface area (Å²) in [5.41, 5.74) is 10.1. The molecular formula is C21H26N2O3. The van der Waals surface area contributed by atoms with Crippen LogP contribution in [0.3, 0.4) is 0 Å². The molecule has 1 aliphatic rings. The largest absolute Gasteiger partial charge is 0.493 e. The van der Waals surface area contributed by atoms with E-state index in [-0.39, 0.29) is 5.91 Å². The zero-order chi connectivity index (χ0) is 18.5. The van der Waals surface area contributed by atoms with Gasteiger partial charge in [0.05, 0.1) is 20.6 Å². The van der Waals surface area contributed by atoms with Gasteiger partial charge >= 0.3 is 0 Å². The monoisotopic (exact) mass is 354 g/mol. The number of benzene rings is 2. The Morgan fingerprint density at radius 3 is 2.27 bits per heavy atom. The van der Waals surface area contributed by atoms with Crippen molar-refractivity contribution in [1.29, 1.82) is 0 Å². The minimum Gasteiger partial charge on any atom is -0.493 e. The van der Waals surface area contributed by atoms with Crippen molar-refractivity contribution in [2.75, 3.05) is 27.3 Å². The van der Waals surface area contributed by atoms with E-state index in [0.29, 0.717) is 6.42 Å². The Balaban J connectivity index is 1.60. The second-order valence-electron chi connectivity index (χ2n) is 6.71. The summed E-state index contributed by atoms with van der Waals surface area (Å²) >= 11 is 0. The van der Waals surface area contributed by atoms with Crippen molar-refractivity contribution in [3.05, 3.63) is 58.7 Å². The summed E-state index contributed by atoms with van der Waals surface area (Å²) in [7, 11) is 3.35. The van der Waals surface area contributed by atoms with Gasteiger partial charge in [0.2, 0.25) is 5.91 Å². The van der Waals surface area contributed by atoms with E-state index >= 15 is 0 Å². The number of nitrogens with two attached hydrogens (primary N) is 1. The van der Waals surface area contributed by atoms with Crippen molar-refractivity contribution in [2.24, 2.45) is 5.73 Å². The molecule has 2 aromatic carbocycles. The Morgan fingerprint density at radius 1 is 1.04 bits per heavy atom. The van der Waals surface area contributed by atoms with Gasteiger partial charge < -0.3 is 15.2 Å². The Bertz CT molecular complexity index is 772. The Morgan fingerprint density at radius 2 is 1.65 bits per heavy atom. The maximum Gasteiger partial charge on any atom is 0.221 e. The van der Waals surface area contributed by atoms with E-state index in [1.165, 1.54) is 16.7 Å². The lowest BCUT2D eigenvalue weighted by molar-refractivity contribution is -0.117. The van der Waals surface area contributed by atoms with Crippen LogP contribution in [0.15, 0.2) is 36.4 Å². The first-order valence-corrected chi connectivity index (χ1v) is 8.91. The van der Waals surface area contributed by atoms with Gasteiger partial charge in [0.25, 0.3) is 0 Å². The number of nitrogens with zero attached hydrogens (tertiary/aromatic N) is 1. The number of amides is 1. The zero-order valence-electron chi connectivity index (χ0n) is 15.5. The predicted octanol–water partition coefficient (Wildman–Crippen LogP) is 2.33. The van der Waals surface area contributed by atoms with E-state index in [1.54, 1.807) is 14.2 Å². The molecule has 26 heavy (non-hydrogen) atoms. The van der Waals surface area contributed by atoms with Crippen molar-refractivity contribution in [2.45, 2.75) is 25.8 Å².